The van der Waals surface area contributed by atoms with Gasteiger partial charge in [-0.25, -0.2) is 8.78 Å². The molecule has 5 nitrogen and oxygen atoms in total. The molecular weight excluding hydrogens is 342 g/mol. The molecule has 0 aromatic heterocycles. The molecule has 1 aromatic rings. The van der Waals surface area contributed by atoms with Crippen molar-refractivity contribution in [3.8, 4) is 0 Å². The summed E-state index contributed by atoms with van der Waals surface area (Å²) in [6, 6.07) is 3.31. The molecule has 2 aliphatic rings. The quantitative estimate of drug-likeness (QED) is 0.869. The van der Waals surface area contributed by atoms with Gasteiger partial charge in [0.2, 0.25) is 5.91 Å². The van der Waals surface area contributed by atoms with Crippen molar-refractivity contribution in [2.45, 2.75) is 25.2 Å². The molecule has 24 heavy (non-hydrogen) atoms. The van der Waals surface area contributed by atoms with Crippen molar-refractivity contribution in [2.75, 3.05) is 32.8 Å². The SMILES string of the molecule is C[C@H]1OCCN[C@@H]1C(=O)N1CCOC(c2ccc(F)c(F)c2)C1.Cl. The van der Waals surface area contributed by atoms with Gasteiger partial charge in [0.05, 0.1) is 25.9 Å². The maximum Gasteiger partial charge on any atom is 0.242 e. The summed E-state index contributed by atoms with van der Waals surface area (Å²) in [6.07, 6.45) is -0.650. The molecule has 1 aromatic carbocycles. The van der Waals surface area contributed by atoms with E-state index < -0.39 is 17.7 Å². The number of nitrogens with one attached hydrogen (secondary N) is 1. The first-order valence-corrected chi connectivity index (χ1v) is 7.76. The lowest BCUT2D eigenvalue weighted by Crippen LogP contribution is -2.58. The molecule has 0 bridgehead atoms. The number of rotatable bonds is 2. The van der Waals surface area contributed by atoms with E-state index in [1.807, 2.05) is 6.92 Å². The molecule has 3 atom stereocenters. The van der Waals surface area contributed by atoms with Crippen molar-refractivity contribution in [3.05, 3.63) is 35.4 Å². The second-order valence-corrected chi connectivity index (χ2v) is 5.82. The average molecular weight is 363 g/mol. The predicted molar refractivity (Wildman–Crippen MR) is 86.1 cm³/mol. The third kappa shape index (κ3) is 4.03. The number of carbonyl (C=O) groups is 1. The number of benzene rings is 1. The lowest BCUT2D eigenvalue weighted by Gasteiger charge is -2.38. The van der Waals surface area contributed by atoms with Gasteiger partial charge in [0.1, 0.15) is 12.1 Å². The monoisotopic (exact) mass is 362 g/mol. The topological polar surface area (TPSA) is 50.8 Å². The maximum atomic E-state index is 13.4. The third-order valence-corrected chi connectivity index (χ3v) is 4.28. The van der Waals surface area contributed by atoms with Crippen LogP contribution < -0.4 is 5.32 Å². The Bertz CT molecular complexity index is 590. The zero-order valence-corrected chi connectivity index (χ0v) is 14.2. The number of hydrogen-bond acceptors (Lipinski definition) is 4. The van der Waals surface area contributed by atoms with Gasteiger partial charge in [-0.1, -0.05) is 6.07 Å². The van der Waals surface area contributed by atoms with Crippen molar-refractivity contribution < 1.29 is 23.0 Å². The van der Waals surface area contributed by atoms with E-state index in [1.165, 1.54) is 6.07 Å². The van der Waals surface area contributed by atoms with E-state index in [4.69, 9.17) is 9.47 Å². The maximum absolute atomic E-state index is 13.4. The zero-order chi connectivity index (χ0) is 16.4. The van der Waals surface area contributed by atoms with E-state index >= 15 is 0 Å². The summed E-state index contributed by atoms with van der Waals surface area (Å²) in [5, 5.41) is 3.17. The summed E-state index contributed by atoms with van der Waals surface area (Å²) in [4.78, 5) is 14.3. The van der Waals surface area contributed by atoms with Crippen LogP contribution in [0.5, 0.6) is 0 Å². The molecule has 1 N–H and O–H groups in total. The summed E-state index contributed by atoms with van der Waals surface area (Å²) in [7, 11) is 0. The molecule has 8 heteroatoms. The van der Waals surface area contributed by atoms with Gasteiger partial charge in [-0.2, -0.15) is 0 Å². The predicted octanol–water partition coefficient (Wildman–Crippen LogP) is 1.66. The number of nitrogens with zero attached hydrogens (tertiary/aromatic N) is 1. The van der Waals surface area contributed by atoms with Crippen LogP contribution in [0.3, 0.4) is 0 Å². The highest BCUT2D eigenvalue weighted by atomic mass is 35.5. The fourth-order valence-corrected chi connectivity index (χ4v) is 2.97. The third-order valence-electron chi connectivity index (χ3n) is 4.28. The molecule has 1 unspecified atom stereocenters. The van der Waals surface area contributed by atoms with Crippen molar-refractivity contribution in [1.29, 1.82) is 0 Å². The summed E-state index contributed by atoms with van der Waals surface area (Å²) < 4.78 is 37.6. The van der Waals surface area contributed by atoms with E-state index in [2.05, 4.69) is 5.32 Å². The minimum Gasteiger partial charge on any atom is -0.375 e. The fraction of sp³-hybridized carbons (Fsp3) is 0.562. The van der Waals surface area contributed by atoms with Crippen LogP contribution in [0, 0.1) is 11.6 Å². The van der Waals surface area contributed by atoms with Gasteiger partial charge in [0.15, 0.2) is 11.6 Å². The first kappa shape index (κ1) is 19.1. The summed E-state index contributed by atoms with van der Waals surface area (Å²) in [5.74, 6) is -1.85. The number of ether oxygens (including phenoxy) is 2. The van der Waals surface area contributed by atoms with E-state index in [1.54, 1.807) is 4.90 Å². The van der Waals surface area contributed by atoms with Crippen LogP contribution in [0.1, 0.15) is 18.6 Å². The molecule has 3 rings (SSSR count). The Balaban J connectivity index is 0.00000208. The molecule has 2 fully saturated rings. The Morgan fingerprint density at radius 3 is 2.75 bits per heavy atom. The molecule has 0 saturated carbocycles. The first-order chi connectivity index (χ1) is 11.1. The van der Waals surface area contributed by atoms with Crippen molar-refractivity contribution >= 4 is 18.3 Å². The van der Waals surface area contributed by atoms with Crippen LogP contribution in [-0.2, 0) is 14.3 Å². The highest BCUT2D eigenvalue weighted by Crippen LogP contribution is 2.24. The van der Waals surface area contributed by atoms with Gasteiger partial charge in [-0.05, 0) is 24.6 Å². The molecule has 2 heterocycles. The summed E-state index contributed by atoms with van der Waals surface area (Å²) in [6.45, 7) is 4.24. The van der Waals surface area contributed by atoms with Crippen LogP contribution in [0.25, 0.3) is 0 Å². The summed E-state index contributed by atoms with van der Waals surface area (Å²) in [5.41, 5.74) is 0.530. The minimum atomic E-state index is -0.912. The van der Waals surface area contributed by atoms with Crippen LogP contribution in [0.4, 0.5) is 8.78 Å². The van der Waals surface area contributed by atoms with Crippen molar-refractivity contribution in [2.24, 2.45) is 0 Å². The molecule has 2 aliphatic heterocycles. The number of halogens is 3. The molecule has 134 valence electrons. The second-order valence-electron chi connectivity index (χ2n) is 5.82. The summed E-state index contributed by atoms with van der Waals surface area (Å²) >= 11 is 0. The van der Waals surface area contributed by atoms with Gasteiger partial charge in [-0.15, -0.1) is 12.4 Å². The highest BCUT2D eigenvalue weighted by Gasteiger charge is 2.34. The van der Waals surface area contributed by atoms with Crippen LogP contribution in [0.2, 0.25) is 0 Å². The number of morpholine rings is 2. The highest BCUT2D eigenvalue weighted by molar-refractivity contribution is 5.85. The Hall–Kier alpha value is -1.28. The standard InChI is InChI=1S/C16H20F2N2O3.ClH/c1-10-15(19-4-6-22-10)16(21)20-5-7-23-14(9-20)11-2-3-12(17)13(18)8-11;/h2-3,8,10,14-15,19H,4-7,9H2,1H3;1H/t10-,14?,15+;/m1./s1. The number of amides is 1. The lowest BCUT2D eigenvalue weighted by atomic mass is 10.1. The Morgan fingerprint density at radius 1 is 1.25 bits per heavy atom. The molecule has 0 aliphatic carbocycles. The van der Waals surface area contributed by atoms with Gasteiger partial charge >= 0.3 is 0 Å². The Morgan fingerprint density at radius 2 is 2.04 bits per heavy atom. The molecular formula is C16H21ClF2N2O3. The minimum absolute atomic E-state index is 0. The van der Waals surface area contributed by atoms with Crippen molar-refractivity contribution in [1.82, 2.24) is 10.2 Å². The molecule has 0 spiro atoms. The Kier molecular flexibility index (Phi) is 6.51. The van der Waals surface area contributed by atoms with Gasteiger partial charge in [0.25, 0.3) is 0 Å². The molecule has 0 radical (unpaired) electrons. The van der Waals surface area contributed by atoms with Crippen LogP contribution in [-0.4, -0.2) is 55.8 Å². The normalized spacial score (nSPS) is 27.5. The van der Waals surface area contributed by atoms with Gasteiger partial charge < -0.3 is 19.7 Å². The Labute approximate surface area is 145 Å². The molecule has 1 amide bonds. The van der Waals surface area contributed by atoms with E-state index in [0.29, 0.717) is 38.4 Å². The van der Waals surface area contributed by atoms with E-state index in [0.717, 1.165) is 12.1 Å². The van der Waals surface area contributed by atoms with Crippen LogP contribution >= 0.6 is 12.4 Å². The van der Waals surface area contributed by atoms with Crippen molar-refractivity contribution in [3.63, 3.8) is 0 Å². The largest absolute Gasteiger partial charge is 0.375 e. The average Bonchev–Trinajstić information content (AvgIpc) is 2.57. The first-order valence-electron chi connectivity index (χ1n) is 7.76. The van der Waals surface area contributed by atoms with Gasteiger partial charge in [-0.3, -0.25) is 4.79 Å². The van der Waals surface area contributed by atoms with Gasteiger partial charge in [0, 0.05) is 13.1 Å². The number of hydrogen-bond donors (Lipinski definition) is 1. The van der Waals surface area contributed by atoms with E-state index in [9.17, 15) is 13.6 Å². The zero-order valence-electron chi connectivity index (χ0n) is 13.3. The molecule has 2 saturated heterocycles. The fourth-order valence-electron chi connectivity index (χ4n) is 2.97. The van der Waals surface area contributed by atoms with Crippen LogP contribution in [0.15, 0.2) is 18.2 Å². The lowest BCUT2D eigenvalue weighted by molar-refractivity contribution is -0.147. The van der Waals surface area contributed by atoms with E-state index in [-0.39, 0.29) is 30.5 Å². The smallest absolute Gasteiger partial charge is 0.242 e. The number of carbonyl (C=O) groups excluding carboxylic acids is 1. The second kappa shape index (κ2) is 8.20.